The highest BCUT2D eigenvalue weighted by Gasteiger charge is 2.27. The summed E-state index contributed by atoms with van der Waals surface area (Å²) in [6.45, 7) is 7.18. The molecule has 204 valence electrons. The highest BCUT2D eigenvalue weighted by molar-refractivity contribution is 7.22. The number of hydrogen-bond donors (Lipinski definition) is 2. The first kappa shape index (κ1) is 27.1. The van der Waals surface area contributed by atoms with E-state index in [1.807, 2.05) is 56.0 Å². The monoisotopic (exact) mass is 544 g/mol. The van der Waals surface area contributed by atoms with Crippen molar-refractivity contribution >= 4 is 33.5 Å². The Balaban J connectivity index is 1.23. The second-order valence-electron chi connectivity index (χ2n) is 11.1. The molecule has 4 aromatic rings. The summed E-state index contributed by atoms with van der Waals surface area (Å²) in [5, 5.41) is 13.4. The van der Waals surface area contributed by atoms with Crippen LogP contribution in [-0.4, -0.2) is 51.4 Å². The van der Waals surface area contributed by atoms with E-state index in [2.05, 4.69) is 45.6 Å². The molecule has 1 saturated heterocycles. The highest BCUT2D eigenvalue weighted by Crippen LogP contribution is 2.37. The fourth-order valence-electron chi connectivity index (χ4n) is 4.97. The topological polar surface area (TPSA) is 87.6 Å². The fraction of sp³-hybridized carbons (Fsp3) is 0.387. The summed E-state index contributed by atoms with van der Waals surface area (Å²) in [5.74, 6) is 1.29. The molecule has 3 heterocycles. The van der Waals surface area contributed by atoms with Crippen molar-refractivity contribution in [2.75, 3.05) is 25.0 Å². The van der Waals surface area contributed by atoms with Crippen LogP contribution in [0.15, 0.2) is 67.0 Å². The first-order valence-electron chi connectivity index (χ1n) is 13.5. The number of rotatable bonds is 7. The van der Waals surface area contributed by atoms with Crippen molar-refractivity contribution in [3.05, 3.63) is 78.1 Å². The third kappa shape index (κ3) is 6.75. The summed E-state index contributed by atoms with van der Waals surface area (Å²) in [5.41, 5.74) is 3.90. The number of nitrogens with zero attached hydrogens (tertiary/aromatic N) is 3. The zero-order chi connectivity index (χ0) is 27.4. The van der Waals surface area contributed by atoms with Gasteiger partial charge in [0, 0.05) is 18.0 Å². The van der Waals surface area contributed by atoms with E-state index in [-0.39, 0.29) is 18.7 Å². The number of fused-ring (bicyclic) bond motifs is 1. The Morgan fingerprint density at radius 3 is 2.49 bits per heavy atom. The number of aromatic nitrogens is 2. The molecule has 1 aliphatic rings. The van der Waals surface area contributed by atoms with Crippen molar-refractivity contribution in [2.45, 2.75) is 51.7 Å². The van der Waals surface area contributed by atoms with Gasteiger partial charge in [-0.25, -0.2) is 14.8 Å². The zero-order valence-corrected chi connectivity index (χ0v) is 23.6. The molecule has 1 atom stereocenters. The Bertz CT molecular complexity index is 1390. The predicted octanol–water partition coefficient (Wildman–Crippen LogP) is 6.69. The summed E-state index contributed by atoms with van der Waals surface area (Å²) in [6.07, 6.45) is 4.35. The number of hydrogen-bond acceptors (Lipinski definition) is 7. The lowest BCUT2D eigenvalue weighted by Crippen LogP contribution is -2.42. The van der Waals surface area contributed by atoms with Crippen LogP contribution in [0.4, 0.5) is 10.6 Å². The summed E-state index contributed by atoms with van der Waals surface area (Å²) in [4.78, 5) is 24.3. The summed E-state index contributed by atoms with van der Waals surface area (Å²) in [6, 6.07) is 20.5. The van der Waals surface area contributed by atoms with Crippen LogP contribution in [0.3, 0.4) is 0 Å². The van der Waals surface area contributed by atoms with Crippen LogP contribution in [0.2, 0.25) is 0 Å². The predicted molar refractivity (Wildman–Crippen MR) is 157 cm³/mol. The minimum Gasteiger partial charge on any atom is -0.444 e. The van der Waals surface area contributed by atoms with Crippen molar-refractivity contribution in [1.29, 1.82) is 0 Å². The van der Waals surface area contributed by atoms with Gasteiger partial charge in [0.1, 0.15) is 17.7 Å². The van der Waals surface area contributed by atoms with Gasteiger partial charge in [-0.3, -0.25) is 0 Å². The average molecular weight is 545 g/mol. The molecule has 0 radical (unpaired) electrons. The van der Waals surface area contributed by atoms with Gasteiger partial charge in [-0.05, 0) is 68.7 Å². The second kappa shape index (κ2) is 11.7. The second-order valence-corrected chi connectivity index (χ2v) is 12.2. The van der Waals surface area contributed by atoms with Crippen LogP contribution < -0.4 is 5.32 Å². The molecule has 1 fully saturated rings. The number of likely N-dealkylation sites (tertiary alicyclic amines) is 1. The molecule has 0 saturated carbocycles. The van der Waals surface area contributed by atoms with Crippen molar-refractivity contribution in [1.82, 2.24) is 14.9 Å². The van der Waals surface area contributed by atoms with Crippen LogP contribution in [0.1, 0.15) is 50.8 Å². The van der Waals surface area contributed by atoms with Gasteiger partial charge in [-0.1, -0.05) is 54.6 Å². The van der Waals surface area contributed by atoms with Crippen LogP contribution in [-0.2, 0) is 11.2 Å². The molecule has 0 bridgehead atoms. The quantitative estimate of drug-likeness (QED) is 0.269. The third-order valence-corrected chi connectivity index (χ3v) is 8.22. The van der Waals surface area contributed by atoms with Gasteiger partial charge >= 0.3 is 6.09 Å². The number of aliphatic hydroxyl groups is 1. The molecule has 0 unspecified atom stereocenters. The maximum absolute atomic E-state index is 12.4. The Morgan fingerprint density at radius 2 is 1.82 bits per heavy atom. The number of benzene rings is 2. The number of carbonyl (C=O) groups is 1. The molecule has 0 aliphatic carbocycles. The van der Waals surface area contributed by atoms with Crippen LogP contribution in [0.5, 0.6) is 0 Å². The Labute approximate surface area is 233 Å². The number of amides is 1. The Morgan fingerprint density at radius 1 is 1.10 bits per heavy atom. The largest absolute Gasteiger partial charge is 0.444 e. The number of thiophene rings is 1. The van der Waals surface area contributed by atoms with Gasteiger partial charge in [-0.15, -0.1) is 11.3 Å². The molecular formula is C31H36N4O3S. The van der Waals surface area contributed by atoms with E-state index in [0.29, 0.717) is 5.92 Å². The van der Waals surface area contributed by atoms with E-state index >= 15 is 0 Å². The minimum atomic E-state index is -0.460. The molecule has 8 heteroatoms. The van der Waals surface area contributed by atoms with Gasteiger partial charge < -0.3 is 20.1 Å². The van der Waals surface area contributed by atoms with Crippen molar-refractivity contribution in [3.8, 4) is 10.4 Å². The van der Waals surface area contributed by atoms with Crippen LogP contribution in [0, 0.1) is 5.92 Å². The summed E-state index contributed by atoms with van der Waals surface area (Å²) >= 11 is 1.65. The summed E-state index contributed by atoms with van der Waals surface area (Å²) in [7, 11) is 0. The first-order chi connectivity index (χ1) is 18.8. The van der Waals surface area contributed by atoms with Crippen molar-refractivity contribution in [2.24, 2.45) is 5.92 Å². The third-order valence-electron chi connectivity index (χ3n) is 7.04. The van der Waals surface area contributed by atoms with E-state index in [1.165, 1.54) is 5.56 Å². The van der Waals surface area contributed by atoms with Gasteiger partial charge in [0.25, 0.3) is 0 Å². The van der Waals surface area contributed by atoms with E-state index in [0.717, 1.165) is 64.4 Å². The molecular weight excluding hydrogens is 508 g/mol. The molecule has 2 aromatic carbocycles. The van der Waals surface area contributed by atoms with Crippen molar-refractivity contribution in [3.63, 3.8) is 0 Å². The molecule has 5 rings (SSSR count). The van der Waals surface area contributed by atoms with Crippen LogP contribution in [0.25, 0.3) is 20.7 Å². The zero-order valence-electron chi connectivity index (χ0n) is 22.8. The van der Waals surface area contributed by atoms with Gasteiger partial charge in [0.05, 0.1) is 22.9 Å². The minimum absolute atomic E-state index is 0.0325. The first-order valence-corrected chi connectivity index (χ1v) is 14.3. The smallest absolute Gasteiger partial charge is 0.410 e. The number of piperidine rings is 1. The highest BCUT2D eigenvalue weighted by atomic mass is 32.1. The Hall–Kier alpha value is -3.49. The number of nitrogens with one attached hydrogen (secondary N) is 1. The SMILES string of the molecule is CC(C)(C)OC(=O)N1CCC(Cc2ccc(-c3cc4ncnc(N[C@H](CO)c5ccccc5)c4s3)cc2)CC1. The Kier molecular flexibility index (Phi) is 8.14. The van der Waals surface area contributed by atoms with Gasteiger partial charge in [-0.2, -0.15) is 0 Å². The lowest BCUT2D eigenvalue weighted by Gasteiger charge is -2.33. The van der Waals surface area contributed by atoms with Gasteiger partial charge in [0.15, 0.2) is 0 Å². The number of ether oxygens (including phenoxy) is 1. The normalized spacial score (nSPS) is 15.3. The van der Waals surface area contributed by atoms with Gasteiger partial charge in [0.2, 0.25) is 0 Å². The maximum Gasteiger partial charge on any atom is 0.410 e. The fourth-order valence-corrected chi connectivity index (χ4v) is 6.04. The molecule has 1 aliphatic heterocycles. The molecule has 2 aromatic heterocycles. The number of carbonyl (C=O) groups excluding carboxylic acids is 1. The van der Waals surface area contributed by atoms with E-state index in [9.17, 15) is 9.90 Å². The maximum atomic E-state index is 12.4. The number of anilines is 1. The standard InChI is InChI=1S/C31H36N4O3S/c1-31(2,3)38-30(37)35-15-13-22(14-16-35)17-21-9-11-24(12-10-21)27-18-25-28(39-27)29(33-20-32-25)34-26(19-36)23-7-5-4-6-8-23/h4-12,18,20,22,26,36H,13-17,19H2,1-3H3,(H,32,33,34)/t26-/m1/s1. The lowest BCUT2D eigenvalue weighted by atomic mass is 9.90. The summed E-state index contributed by atoms with van der Waals surface area (Å²) < 4.78 is 6.50. The molecule has 2 N–H and O–H groups in total. The van der Waals surface area contributed by atoms with E-state index in [4.69, 9.17) is 4.74 Å². The van der Waals surface area contributed by atoms with Crippen molar-refractivity contribution < 1.29 is 14.6 Å². The lowest BCUT2D eigenvalue weighted by molar-refractivity contribution is 0.0184. The average Bonchev–Trinajstić information content (AvgIpc) is 3.37. The van der Waals surface area contributed by atoms with Crippen LogP contribution >= 0.6 is 11.3 Å². The van der Waals surface area contributed by atoms with E-state index < -0.39 is 5.60 Å². The molecule has 1 amide bonds. The molecule has 39 heavy (non-hydrogen) atoms. The number of aliphatic hydroxyl groups excluding tert-OH is 1. The molecule has 7 nitrogen and oxygen atoms in total. The van der Waals surface area contributed by atoms with E-state index in [1.54, 1.807) is 17.7 Å². The molecule has 0 spiro atoms.